The predicted molar refractivity (Wildman–Crippen MR) is 92.0 cm³/mol. The van der Waals surface area contributed by atoms with E-state index in [9.17, 15) is 5.11 Å². The highest BCUT2D eigenvalue weighted by molar-refractivity contribution is 7.98. The summed E-state index contributed by atoms with van der Waals surface area (Å²) in [7, 11) is 0. The molecule has 1 atom stereocenters. The lowest BCUT2D eigenvalue weighted by molar-refractivity contribution is 0.176. The summed E-state index contributed by atoms with van der Waals surface area (Å²) in [6.07, 6.45) is 2.75. The van der Waals surface area contributed by atoms with Crippen LogP contribution in [0.3, 0.4) is 0 Å². The van der Waals surface area contributed by atoms with Crippen molar-refractivity contribution in [3.05, 3.63) is 41.1 Å². The molecule has 0 radical (unpaired) electrons. The summed E-state index contributed by atoms with van der Waals surface area (Å²) in [5, 5.41) is 14.9. The molecule has 0 amide bonds. The molecular formula is C17H24N2OS. The Morgan fingerprint density at radius 2 is 2.14 bits per heavy atom. The van der Waals surface area contributed by atoms with Crippen molar-refractivity contribution in [3.8, 4) is 0 Å². The predicted octanol–water partition coefficient (Wildman–Crippen LogP) is 3.23. The molecule has 0 bridgehead atoms. The van der Waals surface area contributed by atoms with Crippen molar-refractivity contribution in [2.45, 2.75) is 26.4 Å². The first-order valence-electron chi connectivity index (χ1n) is 7.38. The van der Waals surface area contributed by atoms with Crippen LogP contribution in [-0.4, -0.2) is 35.2 Å². The summed E-state index contributed by atoms with van der Waals surface area (Å²) in [4.78, 5) is 4.60. The maximum Gasteiger partial charge on any atom is 0.0921 e. The minimum absolute atomic E-state index is 0.495. The second-order valence-corrected chi connectivity index (χ2v) is 6.38. The average molecular weight is 304 g/mol. The van der Waals surface area contributed by atoms with E-state index < -0.39 is 6.10 Å². The number of rotatable bonds is 7. The summed E-state index contributed by atoms with van der Waals surface area (Å²) in [6, 6.07) is 8.12. The number of hydrogen-bond acceptors (Lipinski definition) is 4. The van der Waals surface area contributed by atoms with E-state index in [0.29, 0.717) is 6.54 Å². The molecule has 0 fully saturated rings. The van der Waals surface area contributed by atoms with Gasteiger partial charge in [-0.1, -0.05) is 18.2 Å². The summed E-state index contributed by atoms with van der Waals surface area (Å²) in [5.41, 5.74) is 4.07. The molecule has 4 heteroatoms. The van der Waals surface area contributed by atoms with Crippen LogP contribution in [0, 0.1) is 13.8 Å². The van der Waals surface area contributed by atoms with Crippen LogP contribution >= 0.6 is 11.8 Å². The van der Waals surface area contributed by atoms with Gasteiger partial charge in [-0.25, -0.2) is 0 Å². The van der Waals surface area contributed by atoms with Crippen molar-refractivity contribution >= 4 is 22.7 Å². The molecule has 114 valence electrons. The average Bonchev–Trinajstić information content (AvgIpc) is 2.47. The van der Waals surface area contributed by atoms with E-state index in [-0.39, 0.29) is 0 Å². The Labute approximate surface area is 131 Å². The molecule has 3 nitrogen and oxygen atoms in total. The van der Waals surface area contributed by atoms with Crippen molar-refractivity contribution < 1.29 is 5.11 Å². The van der Waals surface area contributed by atoms with Crippen LogP contribution in [0.25, 0.3) is 10.9 Å². The lowest BCUT2D eigenvalue weighted by atomic mass is 10.0. The maximum atomic E-state index is 10.5. The van der Waals surface area contributed by atoms with Crippen molar-refractivity contribution in [3.63, 3.8) is 0 Å². The SMILES string of the molecule is CSCCCNCC(O)c1cc(C)nc2c(C)cccc12. The highest BCUT2D eigenvalue weighted by Crippen LogP contribution is 2.25. The highest BCUT2D eigenvalue weighted by Gasteiger charge is 2.13. The Hall–Kier alpha value is -1.10. The summed E-state index contributed by atoms with van der Waals surface area (Å²) in [6.45, 7) is 5.57. The first kappa shape index (κ1) is 16.3. The second kappa shape index (κ2) is 7.78. The van der Waals surface area contributed by atoms with E-state index in [0.717, 1.165) is 46.4 Å². The number of hydrogen-bond donors (Lipinski definition) is 2. The van der Waals surface area contributed by atoms with Crippen LogP contribution in [0.2, 0.25) is 0 Å². The Kier molecular flexibility index (Phi) is 6.03. The zero-order valence-corrected chi connectivity index (χ0v) is 13.8. The van der Waals surface area contributed by atoms with Crippen LogP contribution in [0.1, 0.15) is 29.3 Å². The number of nitrogens with one attached hydrogen (secondary N) is 1. The molecule has 21 heavy (non-hydrogen) atoms. The lowest BCUT2D eigenvalue weighted by Crippen LogP contribution is -2.23. The molecule has 0 saturated heterocycles. The van der Waals surface area contributed by atoms with Crippen molar-refractivity contribution in [2.75, 3.05) is 25.1 Å². The molecule has 1 aromatic carbocycles. The molecule has 1 unspecified atom stereocenters. The highest BCUT2D eigenvalue weighted by atomic mass is 32.2. The quantitative estimate of drug-likeness (QED) is 0.771. The normalized spacial score (nSPS) is 12.8. The molecule has 2 rings (SSSR count). The fourth-order valence-corrected chi connectivity index (χ4v) is 2.95. The van der Waals surface area contributed by atoms with Crippen molar-refractivity contribution in [1.82, 2.24) is 10.3 Å². The van der Waals surface area contributed by atoms with E-state index in [1.165, 1.54) is 0 Å². The molecule has 0 aliphatic rings. The largest absolute Gasteiger partial charge is 0.387 e. The standard InChI is InChI=1S/C17H24N2OS/c1-12-6-4-7-14-15(10-13(2)19-17(12)14)16(20)11-18-8-5-9-21-3/h4,6-7,10,16,18,20H,5,8-9,11H2,1-3H3. The Bertz CT molecular complexity index is 601. The van der Waals surface area contributed by atoms with Gasteiger partial charge in [0.15, 0.2) is 0 Å². The minimum Gasteiger partial charge on any atom is -0.387 e. The van der Waals surface area contributed by atoms with Crippen LogP contribution in [0.4, 0.5) is 0 Å². The number of aliphatic hydroxyl groups excluding tert-OH is 1. The third-order valence-electron chi connectivity index (χ3n) is 3.60. The zero-order valence-electron chi connectivity index (χ0n) is 13.0. The number of aliphatic hydroxyl groups is 1. The number of thioether (sulfide) groups is 1. The monoisotopic (exact) mass is 304 g/mol. The summed E-state index contributed by atoms with van der Waals surface area (Å²) >= 11 is 1.85. The number of fused-ring (bicyclic) bond motifs is 1. The van der Waals surface area contributed by atoms with Gasteiger partial charge in [-0.2, -0.15) is 11.8 Å². The molecule has 0 spiro atoms. The topological polar surface area (TPSA) is 45.1 Å². The van der Waals surface area contributed by atoms with Gasteiger partial charge in [0.25, 0.3) is 0 Å². The molecule has 2 aromatic rings. The molecule has 1 aromatic heterocycles. The minimum atomic E-state index is -0.495. The third-order valence-corrected chi connectivity index (χ3v) is 4.30. The van der Waals surface area contributed by atoms with Gasteiger partial charge in [0.05, 0.1) is 11.6 Å². The first-order chi connectivity index (χ1) is 10.1. The van der Waals surface area contributed by atoms with Gasteiger partial charge in [0, 0.05) is 17.6 Å². The first-order valence-corrected chi connectivity index (χ1v) is 8.77. The number of pyridine rings is 1. The Morgan fingerprint density at radius 1 is 1.33 bits per heavy atom. The van der Waals surface area contributed by atoms with Gasteiger partial charge in [0.2, 0.25) is 0 Å². The van der Waals surface area contributed by atoms with E-state index in [4.69, 9.17) is 0 Å². The van der Waals surface area contributed by atoms with Crippen LogP contribution in [-0.2, 0) is 0 Å². The van der Waals surface area contributed by atoms with E-state index in [1.807, 2.05) is 36.9 Å². The Balaban J connectivity index is 2.15. The molecular weight excluding hydrogens is 280 g/mol. The van der Waals surface area contributed by atoms with E-state index >= 15 is 0 Å². The molecule has 0 saturated carbocycles. The van der Waals surface area contributed by atoms with Gasteiger partial charge >= 0.3 is 0 Å². The smallest absolute Gasteiger partial charge is 0.0921 e. The van der Waals surface area contributed by atoms with E-state index in [1.54, 1.807) is 0 Å². The van der Waals surface area contributed by atoms with Crippen LogP contribution in [0.15, 0.2) is 24.3 Å². The van der Waals surface area contributed by atoms with Gasteiger partial charge in [-0.3, -0.25) is 4.98 Å². The van der Waals surface area contributed by atoms with Crippen LogP contribution in [0.5, 0.6) is 0 Å². The molecule has 1 heterocycles. The summed E-state index contributed by atoms with van der Waals surface area (Å²) in [5.74, 6) is 1.15. The van der Waals surface area contributed by atoms with Gasteiger partial charge in [-0.05, 0) is 56.0 Å². The molecule has 0 aliphatic heterocycles. The molecule has 2 N–H and O–H groups in total. The number of nitrogens with zero attached hydrogens (tertiary/aromatic N) is 1. The van der Waals surface area contributed by atoms with Crippen LogP contribution < -0.4 is 5.32 Å². The van der Waals surface area contributed by atoms with E-state index in [2.05, 4.69) is 29.5 Å². The zero-order chi connectivity index (χ0) is 15.2. The van der Waals surface area contributed by atoms with Gasteiger partial charge < -0.3 is 10.4 Å². The van der Waals surface area contributed by atoms with Crippen molar-refractivity contribution in [2.24, 2.45) is 0 Å². The van der Waals surface area contributed by atoms with Gasteiger partial charge in [0.1, 0.15) is 0 Å². The third kappa shape index (κ3) is 4.19. The molecule has 0 aliphatic carbocycles. The van der Waals surface area contributed by atoms with Gasteiger partial charge in [-0.15, -0.1) is 0 Å². The van der Waals surface area contributed by atoms with Crippen molar-refractivity contribution in [1.29, 1.82) is 0 Å². The lowest BCUT2D eigenvalue weighted by Gasteiger charge is -2.16. The fraction of sp³-hybridized carbons (Fsp3) is 0.471. The number of aryl methyl sites for hydroxylation is 2. The second-order valence-electron chi connectivity index (χ2n) is 5.39. The number of aromatic nitrogens is 1. The number of benzene rings is 1. The number of para-hydroxylation sites is 1. The Morgan fingerprint density at radius 3 is 2.90 bits per heavy atom. The maximum absolute atomic E-state index is 10.5. The summed E-state index contributed by atoms with van der Waals surface area (Å²) < 4.78 is 0. The fourth-order valence-electron chi connectivity index (χ4n) is 2.52.